The molecule has 0 spiro atoms. The van der Waals surface area contributed by atoms with Gasteiger partial charge in [-0.3, -0.25) is 0 Å². The van der Waals surface area contributed by atoms with Crippen molar-refractivity contribution in [3.05, 3.63) is 40.5 Å². The van der Waals surface area contributed by atoms with Crippen LogP contribution >= 0.6 is 0 Å². The van der Waals surface area contributed by atoms with E-state index in [4.69, 9.17) is 4.74 Å². The van der Waals surface area contributed by atoms with Crippen LogP contribution in [-0.2, 0) is 9.53 Å². The highest BCUT2D eigenvalue weighted by atomic mass is 16.5. The lowest BCUT2D eigenvalue weighted by Crippen LogP contribution is -2.05. The summed E-state index contributed by atoms with van der Waals surface area (Å²) in [6, 6.07) is 4.17. The molecule has 1 aromatic rings. The van der Waals surface area contributed by atoms with Crippen LogP contribution in [0.5, 0.6) is 5.75 Å². The van der Waals surface area contributed by atoms with Crippen molar-refractivity contribution in [1.82, 2.24) is 0 Å². The van der Waals surface area contributed by atoms with Crippen molar-refractivity contribution < 1.29 is 14.3 Å². The molecule has 0 saturated heterocycles. The van der Waals surface area contributed by atoms with E-state index in [1.54, 1.807) is 13.0 Å². The lowest BCUT2D eigenvalue weighted by atomic mass is 10.1. The molecule has 1 aromatic carbocycles. The van der Waals surface area contributed by atoms with Gasteiger partial charge in [0, 0.05) is 5.57 Å². The predicted molar refractivity (Wildman–Crippen MR) is 71.9 cm³/mol. The van der Waals surface area contributed by atoms with Crippen molar-refractivity contribution in [3.8, 4) is 5.75 Å². The van der Waals surface area contributed by atoms with E-state index >= 15 is 0 Å². The quantitative estimate of drug-likeness (QED) is 0.606. The molecule has 0 aliphatic carbocycles. The smallest absolute Gasteiger partial charge is 0.333 e. The number of rotatable bonds is 4. The van der Waals surface area contributed by atoms with Crippen LogP contribution in [0.1, 0.15) is 23.6 Å². The Morgan fingerprint density at radius 3 is 2.28 bits per heavy atom. The molecule has 0 saturated carbocycles. The van der Waals surface area contributed by atoms with Crippen LogP contribution in [0.3, 0.4) is 0 Å². The maximum Gasteiger partial charge on any atom is 0.333 e. The van der Waals surface area contributed by atoms with Crippen molar-refractivity contribution in [1.29, 1.82) is 0 Å². The van der Waals surface area contributed by atoms with Gasteiger partial charge in [-0.1, -0.05) is 17.7 Å². The van der Waals surface area contributed by atoms with Crippen molar-refractivity contribution in [3.63, 3.8) is 0 Å². The molecule has 0 heterocycles. The summed E-state index contributed by atoms with van der Waals surface area (Å²) in [7, 11) is 1.37. The number of hydrogen-bond donors (Lipinski definition) is 0. The number of benzene rings is 1. The monoisotopic (exact) mass is 248 g/mol. The number of aryl methyl sites for hydroxylation is 3. The molecule has 0 aromatic heterocycles. The Bertz CT molecular complexity index is 450. The number of esters is 1. The Hall–Kier alpha value is -1.77. The minimum absolute atomic E-state index is 0.323. The highest BCUT2D eigenvalue weighted by molar-refractivity contribution is 5.87. The number of carbonyl (C=O) groups is 1. The van der Waals surface area contributed by atoms with Gasteiger partial charge < -0.3 is 9.47 Å². The largest absolute Gasteiger partial charge is 0.489 e. The zero-order chi connectivity index (χ0) is 13.7. The number of carbonyl (C=O) groups excluding carboxylic acids is 1. The first-order valence-corrected chi connectivity index (χ1v) is 5.91. The molecule has 0 atom stereocenters. The molecule has 0 bridgehead atoms. The third kappa shape index (κ3) is 3.62. The van der Waals surface area contributed by atoms with Crippen molar-refractivity contribution in [2.45, 2.75) is 27.7 Å². The second-order valence-electron chi connectivity index (χ2n) is 4.42. The molecular weight excluding hydrogens is 228 g/mol. The average Bonchev–Trinajstić information content (AvgIpc) is 2.31. The molecule has 18 heavy (non-hydrogen) atoms. The minimum Gasteiger partial charge on any atom is -0.489 e. The van der Waals surface area contributed by atoms with Gasteiger partial charge in [-0.2, -0.15) is 0 Å². The van der Waals surface area contributed by atoms with Crippen molar-refractivity contribution in [2.75, 3.05) is 13.7 Å². The van der Waals surface area contributed by atoms with E-state index in [2.05, 4.69) is 23.8 Å². The van der Waals surface area contributed by atoms with Crippen LogP contribution in [0.25, 0.3) is 0 Å². The van der Waals surface area contributed by atoms with Crippen LogP contribution in [-0.4, -0.2) is 19.7 Å². The summed E-state index contributed by atoms with van der Waals surface area (Å²) >= 11 is 0. The molecule has 0 amide bonds. The van der Waals surface area contributed by atoms with Gasteiger partial charge in [0.15, 0.2) is 0 Å². The van der Waals surface area contributed by atoms with E-state index in [1.807, 2.05) is 13.8 Å². The lowest BCUT2D eigenvalue weighted by Gasteiger charge is -2.11. The topological polar surface area (TPSA) is 35.5 Å². The minimum atomic E-state index is -0.323. The molecule has 1 rings (SSSR count). The van der Waals surface area contributed by atoms with Gasteiger partial charge in [0.1, 0.15) is 12.4 Å². The van der Waals surface area contributed by atoms with Gasteiger partial charge in [-0.05, 0) is 44.9 Å². The summed E-state index contributed by atoms with van der Waals surface area (Å²) in [5.41, 5.74) is 3.99. The molecule has 0 unspecified atom stereocenters. The standard InChI is InChI=1S/C15H20O3/c1-10-8-12(3)14(13(4)9-10)18-7-6-11(2)15(16)17-5/h6,8-9H,7H2,1-5H3. The fraction of sp³-hybridized carbons (Fsp3) is 0.400. The van der Waals surface area contributed by atoms with Gasteiger partial charge >= 0.3 is 5.97 Å². The summed E-state index contributed by atoms with van der Waals surface area (Å²) in [5, 5.41) is 0. The SMILES string of the molecule is COC(=O)C(C)=CCOc1c(C)cc(C)cc1C. The first kappa shape index (κ1) is 14.3. The van der Waals surface area contributed by atoms with Gasteiger partial charge in [0.05, 0.1) is 7.11 Å². The summed E-state index contributed by atoms with van der Waals surface area (Å²) in [6.45, 7) is 8.18. The second-order valence-corrected chi connectivity index (χ2v) is 4.42. The first-order valence-electron chi connectivity index (χ1n) is 5.91. The highest BCUT2D eigenvalue weighted by Crippen LogP contribution is 2.24. The third-order valence-electron chi connectivity index (χ3n) is 2.73. The van der Waals surface area contributed by atoms with E-state index in [0.29, 0.717) is 12.2 Å². The zero-order valence-corrected chi connectivity index (χ0v) is 11.7. The van der Waals surface area contributed by atoms with Gasteiger partial charge in [-0.15, -0.1) is 0 Å². The molecule has 0 radical (unpaired) electrons. The fourth-order valence-corrected chi connectivity index (χ4v) is 1.89. The highest BCUT2D eigenvalue weighted by Gasteiger charge is 2.05. The second kappa shape index (κ2) is 6.24. The number of ether oxygens (including phenoxy) is 2. The molecule has 0 N–H and O–H groups in total. The maximum absolute atomic E-state index is 11.2. The van der Waals surface area contributed by atoms with E-state index in [9.17, 15) is 4.79 Å². The van der Waals surface area contributed by atoms with Gasteiger partial charge in [0.25, 0.3) is 0 Å². The van der Waals surface area contributed by atoms with E-state index < -0.39 is 0 Å². The molecule has 98 valence electrons. The van der Waals surface area contributed by atoms with Crippen LogP contribution < -0.4 is 4.74 Å². The average molecular weight is 248 g/mol. The number of methoxy groups -OCH3 is 1. The Kier molecular flexibility index (Phi) is 4.95. The van der Waals surface area contributed by atoms with Gasteiger partial charge in [-0.25, -0.2) is 4.79 Å². The Morgan fingerprint density at radius 1 is 1.22 bits per heavy atom. The first-order chi connectivity index (χ1) is 8.45. The Balaban J connectivity index is 2.73. The molecule has 0 aliphatic heterocycles. The summed E-state index contributed by atoms with van der Waals surface area (Å²) < 4.78 is 10.3. The Labute approximate surface area is 108 Å². The van der Waals surface area contributed by atoms with Crippen LogP contribution in [0.4, 0.5) is 0 Å². The van der Waals surface area contributed by atoms with E-state index in [0.717, 1.165) is 16.9 Å². The summed E-state index contributed by atoms with van der Waals surface area (Å²) in [5.74, 6) is 0.561. The van der Waals surface area contributed by atoms with Gasteiger partial charge in [0.2, 0.25) is 0 Å². The third-order valence-corrected chi connectivity index (χ3v) is 2.73. The van der Waals surface area contributed by atoms with Crippen molar-refractivity contribution in [2.24, 2.45) is 0 Å². The zero-order valence-electron chi connectivity index (χ0n) is 11.7. The normalized spacial score (nSPS) is 11.3. The molecule has 3 nitrogen and oxygen atoms in total. The molecule has 0 aliphatic rings. The summed E-state index contributed by atoms with van der Waals surface area (Å²) in [4.78, 5) is 11.2. The van der Waals surface area contributed by atoms with Crippen LogP contribution in [0, 0.1) is 20.8 Å². The van der Waals surface area contributed by atoms with E-state index in [1.165, 1.54) is 12.7 Å². The maximum atomic E-state index is 11.2. The van der Waals surface area contributed by atoms with Crippen LogP contribution in [0.2, 0.25) is 0 Å². The Morgan fingerprint density at radius 2 is 1.78 bits per heavy atom. The molecular formula is C15H20O3. The van der Waals surface area contributed by atoms with E-state index in [-0.39, 0.29) is 5.97 Å². The van der Waals surface area contributed by atoms with Crippen molar-refractivity contribution >= 4 is 5.97 Å². The predicted octanol–water partition coefficient (Wildman–Crippen LogP) is 3.11. The number of hydrogen-bond acceptors (Lipinski definition) is 3. The molecule has 0 fully saturated rings. The van der Waals surface area contributed by atoms with Crippen LogP contribution in [0.15, 0.2) is 23.8 Å². The molecule has 3 heteroatoms. The fourth-order valence-electron chi connectivity index (χ4n) is 1.89. The summed E-state index contributed by atoms with van der Waals surface area (Å²) in [6.07, 6.45) is 1.73. The lowest BCUT2D eigenvalue weighted by molar-refractivity contribution is -0.136.